The van der Waals surface area contributed by atoms with Gasteiger partial charge in [-0.15, -0.1) is 0 Å². The second-order valence-corrected chi connectivity index (χ2v) is 4.82. The number of carbonyl (C=O) groups excluding carboxylic acids is 1. The third-order valence-electron chi connectivity index (χ3n) is 3.54. The Balaban J connectivity index is 2.53. The van der Waals surface area contributed by atoms with Crippen LogP contribution in [0.2, 0.25) is 0 Å². The fourth-order valence-electron chi connectivity index (χ4n) is 2.47. The summed E-state index contributed by atoms with van der Waals surface area (Å²) in [5.41, 5.74) is 4.18. The number of para-hydroxylation sites is 2. The maximum atomic E-state index is 12.1. The standard InChI is InChI=1S/C18H21NO/c1-4-18(20)15-11-7-9-13-17(15)19(5-2)16-12-8-6-10-14(16)3/h6-13H,4-5H2,1-3H3. The van der Waals surface area contributed by atoms with Crippen molar-refractivity contribution in [1.29, 1.82) is 0 Å². The van der Waals surface area contributed by atoms with Crippen LogP contribution in [0.15, 0.2) is 48.5 Å². The van der Waals surface area contributed by atoms with Crippen molar-refractivity contribution < 1.29 is 4.79 Å². The van der Waals surface area contributed by atoms with E-state index in [1.54, 1.807) is 0 Å². The molecule has 0 bridgehead atoms. The second kappa shape index (κ2) is 6.38. The summed E-state index contributed by atoms with van der Waals surface area (Å²) in [6.07, 6.45) is 0.530. The number of rotatable bonds is 5. The Bertz CT molecular complexity index is 604. The molecule has 0 aliphatic rings. The Labute approximate surface area is 121 Å². The minimum Gasteiger partial charge on any atom is -0.341 e. The van der Waals surface area contributed by atoms with Crippen molar-refractivity contribution in [1.82, 2.24) is 0 Å². The number of carbonyl (C=O) groups is 1. The normalized spacial score (nSPS) is 10.3. The molecular formula is C18H21NO. The smallest absolute Gasteiger partial charge is 0.164 e. The highest BCUT2D eigenvalue weighted by Crippen LogP contribution is 2.31. The first kappa shape index (κ1) is 14.3. The lowest BCUT2D eigenvalue weighted by Gasteiger charge is -2.27. The molecule has 2 rings (SSSR count). The van der Waals surface area contributed by atoms with E-state index in [4.69, 9.17) is 0 Å². The first-order valence-corrected chi connectivity index (χ1v) is 7.14. The maximum absolute atomic E-state index is 12.1. The molecule has 0 spiro atoms. The molecule has 0 aliphatic heterocycles. The van der Waals surface area contributed by atoms with Gasteiger partial charge < -0.3 is 4.90 Å². The molecule has 0 heterocycles. The number of hydrogen-bond donors (Lipinski definition) is 0. The van der Waals surface area contributed by atoms with Gasteiger partial charge in [-0.05, 0) is 37.6 Å². The lowest BCUT2D eigenvalue weighted by atomic mass is 10.0. The molecule has 0 radical (unpaired) electrons. The van der Waals surface area contributed by atoms with E-state index in [0.29, 0.717) is 6.42 Å². The number of aryl methyl sites for hydroxylation is 1. The van der Waals surface area contributed by atoms with Gasteiger partial charge in [0.25, 0.3) is 0 Å². The summed E-state index contributed by atoms with van der Waals surface area (Å²) >= 11 is 0. The third-order valence-corrected chi connectivity index (χ3v) is 3.54. The molecule has 0 amide bonds. The number of Topliss-reactive ketones (excluding diaryl/α,β-unsaturated/α-hetero) is 1. The average molecular weight is 267 g/mol. The second-order valence-electron chi connectivity index (χ2n) is 4.82. The summed E-state index contributed by atoms with van der Waals surface area (Å²) in [5.74, 6) is 0.188. The van der Waals surface area contributed by atoms with Crippen LogP contribution in [0.4, 0.5) is 11.4 Å². The summed E-state index contributed by atoms with van der Waals surface area (Å²) in [6, 6.07) is 16.1. The van der Waals surface area contributed by atoms with Gasteiger partial charge in [-0.2, -0.15) is 0 Å². The highest BCUT2D eigenvalue weighted by atomic mass is 16.1. The maximum Gasteiger partial charge on any atom is 0.164 e. The van der Waals surface area contributed by atoms with Crippen molar-refractivity contribution in [3.8, 4) is 0 Å². The van der Waals surface area contributed by atoms with Gasteiger partial charge in [-0.3, -0.25) is 4.79 Å². The van der Waals surface area contributed by atoms with Gasteiger partial charge in [0.2, 0.25) is 0 Å². The molecule has 2 heteroatoms. The largest absolute Gasteiger partial charge is 0.341 e. The Kier molecular flexibility index (Phi) is 4.57. The Morgan fingerprint density at radius 1 is 0.950 bits per heavy atom. The fourth-order valence-corrected chi connectivity index (χ4v) is 2.47. The van der Waals surface area contributed by atoms with E-state index in [1.165, 1.54) is 5.56 Å². The van der Waals surface area contributed by atoms with E-state index >= 15 is 0 Å². The van der Waals surface area contributed by atoms with Crippen molar-refractivity contribution in [3.63, 3.8) is 0 Å². The predicted octanol–water partition coefficient (Wildman–Crippen LogP) is 4.75. The summed E-state index contributed by atoms with van der Waals surface area (Å²) in [5, 5.41) is 0. The number of nitrogens with zero attached hydrogens (tertiary/aromatic N) is 1. The van der Waals surface area contributed by atoms with Crippen LogP contribution in [-0.2, 0) is 0 Å². The Hall–Kier alpha value is -2.09. The molecule has 2 nitrogen and oxygen atoms in total. The van der Waals surface area contributed by atoms with Crippen molar-refractivity contribution in [2.75, 3.05) is 11.4 Å². The SMILES string of the molecule is CCC(=O)c1ccccc1N(CC)c1ccccc1C. The Morgan fingerprint density at radius 2 is 1.55 bits per heavy atom. The zero-order chi connectivity index (χ0) is 14.5. The monoisotopic (exact) mass is 267 g/mol. The molecule has 0 N–H and O–H groups in total. The van der Waals surface area contributed by atoms with Crippen LogP contribution in [0.25, 0.3) is 0 Å². The lowest BCUT2D eigenvalue weighted by Crippen LogP contribution is -2.19. The first-order chi connectivity index (χ1) is 9.69. The van der Waals surface area contributed by atoms with E-state index in [0.717, 1.165) is 23.5 Å². The highest BCUT2D eigenvalue weighted by Gasteiger charge is 2.16. The third kappa shape index (κ3) is 2.74. The Morgan fingerprint density at radius 3 is 2.15 bits per heavy atom. The van der Waals surface area contributed by atoms with Crippen LogP contribution in [0.1, 0.15) is 36.2 Å². The average Bonchev–Trinajstić information content (AvgIpc) is 2.49. The summed E-state index contributed by atoms with van der Waals surface area (Å²) in [4.78, 5) is 14.4. The number of anilines is 2. The zero-order valence-corrected chi connectivity index (χ0v) is 12.4. The van der Waals surface area contributed by atoms with Gasteiger partial charge in [0.15, 0.2) is 5.78 Å². The predicted molar refractivity (Wildman–Crippen MR) is 84.9 cm³/mol. The highest BCUT2D eigenvalue weighted by molar-refractivity contribution is 6.02. The van der Waals surface area contributed by atoms with Gasteiger partial charge in [0.05, 0.1) is 5.69 Å². The van der Waals surface area contributed by atoms with Crippen LogP contribution < -0.4 is 4.90 Å². The zero-order valence-electron chi connectivity index (χ0n) is 12.4. The van der Waals surface area contributed by atoms with Crippen molar-refractivity contribution in [3.05, 3.63) is 59.7 Å². The number of ketones is 1. The van der Waals surface area contributed by atoms with E-state index in [2.05, 4.69) is 30.9 Å². The van der Waals surface area contributed by atoms with Gasteiger partial charge in [0, 0.05) is 24.2 Å². The molecule has 2 aromatic rings. The molecule has 0 atom stereocenters. The molecule has 104 valence electrons. The van der Waals surface area contributed by atoms with Crippen LogP contribution in [0.5, 0.6) is 0 Å². The number of benzene rings is 2. The van der Waals surface area contributed by atoms with Gasteiger partial charge in [-0.25, -0.2) is 0 Å². The molecule has 0 fully saturated rings. The molecule has 0 unspecified atom stereocenters. The van der Waals surface area contributed by atoms with Crippen LogP contribution in [0.3, 0.4) is 0 Å². The molecule has 0 aliphatic carbocycles. The van der Waals surface area contributed by atoms with E-state index in [1.807, 2.05) is 43.3 Å². The van der Waals surface area contributed by atoms with Crippen LogP contribution in [0, 0.1) is 6.92 Å². The lowest BCUT2D eigenvalue weighted by molar-refractivity contribution is 0.0988. The van der Waals surface area contributed by atoms with Gasteiger partial charge >= 0.3 is 0 Å². The van der Waals surface area contributed by atoms with Gasteiger partial charge in [0.1, 0.15) is 0 Å². The summed E-state index contributed by atoms with van der Waals surface area (Å²) < 4.78 is 0. The van der Waals surface area contributed by atoms with Crippen LogP contribution >= 0.6 is 0 Å². The first-order valence-electron chi connectivity index (χ1n) is 7.14. The molecule has 0 saturated heterocycles. The van der Waals surface area contributed by atoms with Crippen molar-refractivity contribution in [2.24, 2.45) is 0 Å². The molecule has 0 aromatic heterocycles. The molecule has 20 heavy (non-hydrogen) atoms. The quantitative estimate of drug-likeness (QED) is 0.729. The van der Waals surface area contributed by atoms with Crippen molar-refractivity contribution in [2.45, 2.75) is 27.2 Å². The fraction of sp³-hybridized carbons (Fsp3) is 0.278. The molecule has 0 saturated carbocycles. The van der Waals surface area contributed by atoms with Crippen LogP contribution in [-0.4, -0.2) is 12.3 Å². The summed E-state index contributed by atoms with van der Waals surface area (Å²) in [7, 11) is 0. The molecule has 2 aromatic carbocycles. The van der Waals surface area contributed by atoms with E-state index in [-0.39, 0.29) is 5.78 Å². The topological polar surface area (TPSA) is 20.3 Å². The minimum atomic E-state index is 0.188. The van der Waals surface area contributed by atoms with E-state index in [9.17, 15) is 4.79 Å². The van der Waals surface area contributed by atoms with Gasteiger partial charge in [-0.1, -0.05) is 37.3 Å². The molecular weight excluding hydrogens is 246 g/mol. The summed E-state index contributed by atoms with van der Waals surface area (Å²) in [6.45, 7) is 6.95. The minimum absolute atomic E-state index is 0.188. The van der Waals surface area contributed by atoms with Crippen molar-refractivity contribution >= 4 is 17.2 Å². The number of hydrogen-bond acceptors (Lipinski definition) is 2. The van der Waals surface area contributed by atoms with E-state index < -0.39 is 0 Å².